The summed E-state index contributed by atoms with van der Waals surface area (Å²) in [5, 5.41) is 3.48. The van der Waals surface area contributed by atoms with Gasteiger partial charge in [-0.1, -0.05) is 6.92 Å². The second-order valence-corrected chi connectivity index (χ2v) is 7.39. The quantitative estimate of drug-likeness (QED) is 0.739. The SMILES string of the molecule is CCCNC(CN1CC(C)OC(C)(C)C1)(C(N)=O)C1CC1. The van der Waals surface area contributed by atoms with E-state index in [4.69, 9.17) is 10.5 Å². The van der Waals surface area contributed by atoms with Crippen molar-refractivity contribution in [3.8, 4) is 0 Å². The maximum atomic E-state index is 12.2. The number of nitrogens with one attached hydrogen (secondary N) is 1. The summed E-state index contributed by atoms with van der Waals surface area (Å²) in [7, 11) is 0. The Kier molecular flexibility index (Phi) is 4.96. The topological polar surface area (TPSA) is 67.6 Å². The Morgan fingerprint density at radius 3 is 2.62 bits per heavy atom. The van der Waals surface area contributed by atoms with Crippen molar-refractivity contribution in [3.05, 3.63) is 0 Å². The van der Waals surface area contributed by atoms with Crippen LogP contribution in [0.1, 0.15) is 47.0 Å². The van der Waals surface area contributed by atoms with Crippen molar-refractivity contribution in [1.29, 1.82) is 0 Å². The molecule has 1 amide bonds. The van der Waals surface area contributed by atoms with Gasteiger partial charge in [-0.05, 0) is 52.5 Å². The second-order valence-electron chi connectivity index (χ2n) is 7.39. The molecule has 1 aliphatic heterocycles. The fourth-order valence-electron chi connectivity index (χ4n) is 3.68. The first-order chi connectivity index (χ1) is 9.79. The van der Waals surface area contributed by atoms with Crippen LogP contribution in [0, 0.1) is 5.92 Å². The average Bonchev–Trinajstić information content (AvgIpc) is 3.15. The summed E-state index contributed by atoms with van der Waals surface area (Å²) in [6, 6.07) is 0. The van der Waals surface area contributed by atoms with Crippen LogP contribution in [0.4, 0.5) is 0 Å². The Balaban J connectivity index is 2.12. The lowest BCUT2D eigenvalue weighted by Gasteiger charge is -2.45. The number of hydrogen-bond donors (Lipinski definition) is 2. The Labute approximate surface area is 128 Å². The minimum absolute atomic E-state index is 0.171. The zero-order valence-electron chi connectivity index (χ0n) is 13.9. The van der Waals surface area contributed by atoms with Crippen LogP contribution in [-0.2, 0) is 9.53 Å². The summed E-state index contributed by atoms with van der Waals surface area (Å²) in [4.78, 5) is 14.6. The van der Waals surface area contributed by atoms with Crippen LogP contribution in [-0.4, -0.2) is 54.2 Å². The highest BCUT2D eigenvalue weighted by Gasteiger charge is 2.51. The van der Waals surface area contributed by atoms with Crippen LogP contribution in [0.15, 0.2) is 0 Å². The lowest BCUT2D eigenvalue weighted by atomic mass is 9.90. The molecule has 0 spiro atoms. The van der Waals surface area contributed by atoms with E-state index in [9.17, 15) is 4.79 Å². The Bertz CT molecular complexity index is 382. The zero-order chi connectivity index (χ0) is 15.7. The Hall–Kier alpha value is -0.650. The molecule has 5 nitrogen and oxygen atoms in total. The summed E-state index contributed by atoms with van der Waals surface area (Å²) in [6.45, 7) is 11.7. The molecule has 2 rings (SSSR count). The second kappa shape index (κ2) is 6.23. The standard InChI is InChI=1S/C16H31N3O2/c1-5-8-18-16(14(17)20,13-6-7-13)11-19-9-12(2)21-15(3,4)10-19/h12-13,18H,5-11H2,1-4H3,(H2,17,20). The number of carbonyl (C=O) groups is 1. The predicted molar refractivity (Wildman–Crippen MR) is 84.0 cm³/mol. The molecule has 1 heterocycles. The molecule has 2 fully saturated rings. The van der Waals surface area contributed by atoms with Gasteiger partial charge in [0.25, 0.3) is 0 Å². The lowest BCUT2D eigenvalue weighted by Crippen LogP contribution is -2.66. The number of rotatable bonds is 7. The lowest BCUT2D eigenvalue weighted by molar-refractivity contribution is -0.141. The molecule has 0 aromatic heterocycles. The molecule has 2 atom stereocenters. The van der Waals surface area contributed by atoms with E-state index in [0.29, 0.717) is 12.5 Å². The van der Waals surface area contributed by atoms with E-state index in [-0.39, 0.29) is 17.6 Å². The maximum absolute atomic E-state index is 12.2. The van der Waals surface area contributed by atoms with Gasteiger partial charge in [-0.3, -0.25) is 9.69 Å². The van der Waals surface area contributed by atoms with Gasteiger partial charge in [0.2, 0.25) is 5.91 Å². The van der Waals surface area contributed by atoms with E-state index in [1.165, 1.54) is 0 Å². The molecule has 0 aromatic carbocycles. The molecule has 2 aliphatic rings. The first kappa shape index (κ1) is 16.7. The number of hydrogen-bond acceptors (Lipinski definition) is 4. The van der Waals surface area contributed by atoms with Crippen molar-refractivity contribution in [3.63, 3.8) is 0 Å². The molecule has 0 aromatic rings. The van der Waals surface area contributed by atoms with E-state index < -0.39 is 5.54 Å². The van der Waals surface area contributed by atoms with E-state index in [1.54, 1.807) is 0 Å². The predicted octanol–water partition coefficient (Wildman–Crippen LogP) is 1.12. The van der Waals surface area contributed by atoms with Crippen molar-refractivity contribution in [2.45, 2.75) is 64.2 Å². The van der Waals surface area contributed by atoms with Crippen molar-refractivity contribution >= 4 is 5.91 Å². The van der Waals surface area contributed by atoms with E-state index in [1.807, 2.05) is 0 Å². The van der Waals surface area contributed by atoms with E-state index in [2.05, 4.69) is 37.9 Å². The van der Waals surface area contributed by atoms with Gasteiger partial charge in [0.15, 0.2) is 0 Å². The zero-order valence-corrected chi connectivity index (χ0v) is 13.9. The molecule has 1 aliphatic carbocycles. The Morgan fingerprint density at radius 1 is 1.48 bits per heavy atom. The average molecular weight is 297 g/mol. The van der Waals surface area contributed by atoms with Gasteiger partial charge in [0.1, 0.15) is 5.54 Å². The first-order valence-corrected chi connectivity index (χ1v) is 8.24. The van der Waals surface area contributed by atoms with Gasteiger partial charge in [0.05, 0.1) is 11.7 Å². The monoisotopic (exact) mass is 297 g/mol. The van der Waals surface area contributed by atoms with Crippen molar-refractivity contribution in [2.75, 3.05) is 26.2 Å². The molecule has 2 unspecified atom stereocenters. The normalized spacial score (nSPS) is 29.0. The van der Waals surface area contributed by atoms with Crippen molar-refractivity contribution in [2.24, 2.45) is 11.7 Å². The van der Waals surface area contributed by atoms with Crippen LogP contribution >= 0.6 is 0 Å². The summed E-state index contributed by atoms with van der Waals surface area (Å²) >= 11 is 0. The number of primary amides is 1. The summed E-state index contributed by atoms with van der Waals surface area (Å²) in [5.74, 6) is 0.193. The minimum Gasteiger partial charge on any atom is -0.370 e. The molecule has 21 heavy (non-hydrogen) atoms. The van der Waals surface area contributed by atoms with Gasteiger partial charge >= 0.3 is 0 Å². The highest BCUT2D eigenvalue weighted by atomic mass is 16.5. The molecule has 0 radical (unpaired) electrons. The van der Waals surface area contributed by atoms with Gasteiger partial charge < -0.3 is 15.8 Å². The highest BCUT2D eigenvalue weighted by Crippen LogP contribution is 2.40. The first-order valence-electron chi connectivity index (χ1n) is 8.24. The molecule has 3 N–H and O–H groups in total. The van der Waals surface area contributed by atoms with Crippen molar-refractivity contribution in [1.82, 2.24) is 10.2 Å². The molecule has 5 heteroatoms. The summed E-state index contributed by atoms with van der Waals surface area (Å²) in [5.41, 5.74) is 5.08. The Morgan fingerprint density at radius 2 is 2.14 bits per heavy atom. The molecular formula is C16H31N3O2. The molecule has 0 bridgehead atoms. The molecule has 1 saturated heterocycles. The molecule has 122 valence electrons. The fourth-order valence-corrected chi connectivity index (χ4v) is 3.68. The van der Waals surface area contributed by atoms with E-state index >= 15 is 0 Å². The molecule has 1 saturated carbocycles. The van der Waals surface area contributed by atoms with Crippen LogP contribution in [0.25, 0.3) is 0 Å². The number of nitrogens with two attached hydrogens (primary N) is 1. The van der Waals surface area contributed by atoms with E-state index in [0.717, 1.165) is 38.9 Å². The summed E-state index contributed by atoms with van der Waals surface area (Å²) < 4.78 is 5.96. The minimum atomic E-state index is -0.566. The van der Waals surface area contributed by atoms with Gasteiger partial charge in [-0.25, -0.2) is 0 Å². The number of carbonyl (C=O) groups excluding carboxylic acids is 1. The summed E-state index contributed by atoms with van der Waals surface area (Å²) in [6.07, 6.45) is 3.39. The maximum Gasteiger partial charge on any atom is 0.239 e. The third-order valence-electron chi connectivity index (χ3n) is 4.52. The third-order valence-corrected chi connectivity index (χ3v) is 4.52. The largest absolute Gasteiger partial charge is 0.370 e. The highest BCUT2D eigenvalue weighted by molar-refractivity contribution is 5.86. The number of morpholine rings is 1. The smallest absolute Gasteiger partial charge is 0.239 e. The van der Waals surface area contributed by atoms with Crippen molar-refractivity contribution < 1.29 is 9.53 Å². The van der Waals surface area contributed by atoms with Gasteiger partial charge in [-0.15, -0.1) is 0 Å². The van der Waals surface area contributed by atoms with Gasteiger partial charge in [0, 0.05) is 19.6 Å². The number of ether oxygens (including phenoxy) is 1. The van der Waals surface area contributed by atoms with Crippen LogP contribution in [0.5, 0.6) is 0 Å². The van der Waals surface area contributed by atoms with Crippen LogP contribution in [0.2, 0.25) is 0 Å². The third kappa shape index (κ3) is 3.96. The van der Waals surface area contributed by atoms with Gasteiger partial charge in [-0.2, -0.15) is 0 Å². The number of amides is 1. The van der Waals surface area contributed by atoms with Crippen LogP contribution < -0.4 is 11.1 Å². The number of nitrogens with zero attached hydrogens (tertiary/aromatic N) is 1. The van der Waals surface area contributed by atoms with Crippen LogP contribution in [0.3, 0.4) is 0 Å². The fraction of sp³-hybridized carbons (Fsp3) is 0.938. The molecular weight excluding hydrogens is 266 g/mol.